The number of hydrazine groups is 1. The number of nitrogens with two attached hydrogens (primary N) is 2. The summed E-state index contributed by atoms with van der Waals surface area (Å²) in [4.78, 5) is 15.8. The molecule has 2 aromatic carbocycles. The molecule has 0 saturated carbocycles. The molecule has 1 amide bonds. The Bertz CT molecular complexity index is 1190. The number of carbonyl (C=O) groups excluding carboxylic acids is 1. The van der Waals surface area contributed by atoms with Crippen LogP contribution in [0.15, 0.2) is 42.6 Å². The fourth-order valence-corrected chi connectivity index (χ4v) is 3.40. The highest BCUT2D eigenvalue weighted by Gasteiger charge is 2.38. The molecule has 0 atom stereocenters. The number of thiocarbonyl (C=S) groups is 1. The van der Waals surface area contributed by atoms with E-state index in [9.17, 15) is 22.4 Å². The number of anilines is 1. The highest BCUT2D eigenvalue weighted by atomic mass is 32.1. The number of hydrogen-bond donors (Lipinski definition) is 3. The summed E-state index contributed by atoms with van der Waals surface area (Å²) in [5.41, 5.74) is 6.63. The van der Waals surface area contributed by atoms with Gasteiger partial charge in [-0.05, 0) is 45.2 Å². The summed E-state index contributed by atoms with van der Waals surface area (Å²) in [7, 11) is 1.57. The number of nitrogens with one attached hydrogen (secondary N) is 1. The van der Waals surface area contributed by atoms with Crippen molar-refractivity contribution in [2.75, 3.05) is 11.9 Å². The van der Waals surface area contributed by atoms with Gasteiger partial charge in [0.15, 0.2) is 0 Å². The molecule has 0 radical (unpaired) electrons. The minimum atomic E-state index is -4.80. The molecule has 0 spiro atoms. The zero-order chi connectivity index (χ0) is 26.6. The van der Waals surface area contributed by atoms with Crippen molar-refractivity contribution >= 4 is 35.0 Å². The third-order valence-corrected chi connectivity index (χ3v) is 5.75. The fourth-order valence-electron chi connectivity index (χ4n) is 3.18. The van der Waals surface area contributed by atoms with Crippen molar-refractivity contribution in [1.29, 1.82) is 5.26 Å². The molecule has 0 unspecified atom stereocenters. The maximum atomic E-state index is 14.7. The van der Waals surface area contributed by atoms with E-state index in [0.717, 1.165) is 16.5 Å². The number of nitrogens with zero attached hydrogens (tertiary/aromatic N) is 3. The van der Waals surface area contributed by atoms with E-state index in [1.54, 1.807) is 13.1 Å². The molecule has 2 rings (SSSR count). The molecule has 7 nitrogen and oxygen atoms in total. The topological polar surface area (TPSA) is 111 Å². The quantitative estimate of drug-likeness (QED) is 0.216. The Morgan fingerprint density at radius 2 is 1.89 bits per heavy atom. The van der Waals surface area contributed by atoms with Gasteiger partial charge in [0.25, 0.3) is 5.91 Å². The first-order chi connectivity index (χ1) is 16.3. The van der Waals surface area contributed by atoms with Gasteiger partial charge in [-0.15, -0.1) is 0 Å². The Balaban J connectivity index is 2.34. The Morgan fingerprint density at radius 3 is 2.40 bits per heavy atom. The van der Waals surface area contributed by atoms with Gasteiger partial charge in [-0.2, -0.15) is 18.4 Å². The second kappa shape index (κ2) is 10.8. The van der Waals surface area contributed by atoms with Crippen LogP contribution in [-0.2, 0) is 17.5 Å². The van der Waals surface area contributed by atoms with E-state index in [0.29, 0.717) is 11.6 Å². The molecule has 0 saturated heterocycles. The maximum absolute atomic E-state index is 14.7. The maximum Gasteiger partial charge on any atom is 0.417 e. The van der Waals surface area contributed by atoms with Gasteiger partial charge in [-0.25, -0.2) is 4.39 Å². The standard InChI is InChI=1S/C23H24F4N6OS/c1-22(2,32(3)12-16-5-4-14(8-19(16)24)20(29)11-31-30)21(34)33(13-35)17-7-6-15(10-28)18(9-17)23(25,26)27/h4-9,11,13,31H,12,29-30H2,1-3H3/b20-11-. The number of halogens is 4. The van der Waals surface area contributed by atoms with Crippen molar-refractivity contribution in [1.82, 2.24) is 10.3 Å². The summed E-state index contributed by atoms with van der Waals surface area (Å²) in [6, 6.07) is 8.68. The van der Waals surface area contributed by atoms with Crippen molar-refractivity contribution in [2.24, 2.45) is 11.6 Å². The van der Waals surface area contributed by atoms with Crippen LogP contribution >= 0.6 is 12.2 Å². The van der Waals surface area contributed by atoms with Crippen molar-refractivity contribution in [3.05, 3.63) is 70.7 Å². The molecule has 0 aliphatic rings. The first-order valence-electron chi connectivity index (χ1n) is 10.1. The number of amides is 1. The Labute approximate surface area is 205 Å². The van der Waals surface area contributed by atoms with E-state index in [-0.39, 0.29) is 23.5 Å². The summed E-state index contributed by atoms with van der Waals surface area (Å²) in [5, 5.41) is 9.00. The number of hydrogen-bond acceptors (Lipinski definition) is 7. The Hall–Kier alpha value is -3.53. The van der Waals surface area contributed by atoms with Crippen LogP contribution in [0.4, 0.5) is 23.2 Å². The van der Waals surface area contributed by atoms with Gasteiger partial charge in [-0.3, -0.25) is 20.4 Å². The predicted octanol–water partition coefficient (Wildman–Crippen LogP) is 3.64. The van der Waals surface area contributed by atoms with Crippen molar-refractivity contribution in [2.45, 2.75) is 32.1 Å². The summed E-state index contributed by atoms with van der Waals surface area (Å²) >= 11 is 4.92. The lowest BCUT2D eigenvalue weighted by Crippen LogP contribution is -2.54. The summed E-state index contributed by atoms with van der Waals surface area (Å²) in [6.07, 6.45) is -3.50. The molecular weight excluding hydrogens is 484 g/mol. The normalized spacial score (nSPS) is 12.3. The van der Waals surface area contributed by atoms with Crippen molar-refractivity contribution in [3.8, 4) is 6.07 Å². The van der Waals surface area contributed by atoms with Gasteiger partial charge in [0.2, 0.25) is 0 Å². The van der Waals surface area contributed by atoms with Crippen LogP contribution in [0.3, 0.4) is 0 Å². The molecule has 0 aliphatic heterocycles. The molecule has 35 heavy (non-hydrogen) atoms. The molecule has 0 aromatic heterocycles. The van der Waals surface area contributed by atoms with Crippen molar-refractivity contribution in [3.63, 3.8) is 0 Å². The van der Waals surface area contributed by atoms with E-state index in [2.05, 4.69) is 5.43 Å². The molecule has 12 heteroatoms. The van der Waals surface area contributed by atoms with E-state index < -0.39 is 34.6 Å². The van der Waals surface area contributed by atoms with E-state index in [4.69, 9.17) is 29.1 Å². The van der Waals surface area contributed by atoms with Crippen molar-refractivity contribution < 1.29 is 22.4 Å². The zero-order valence-corrected chi connectivity index (χ0v) is 20.0. The third-order valence-electron chi connectivity index (χ3n) is 5.54. The van der Waals surface area contributed by atoms with Gasteiger partial charge >= 0.3 is 6.18 Å². The number of benzene rings is 2. The predicted molar refractivity (Wildman–Crippen MR) is 129 cm³/mol. The number of likely N-dealkylation sites (N-methyl/N-ethyl adjacent to an activating group) is 1. The molecule has 0 aliphatic carbocycles. The lowest BCUT2D eigenvalue weighted by molar-refractivity contribution is -0.137. The van der Waals surface area contributed by atoms with E-state index in [1.807, 2.05) is 0 Å². The zero-order valence-electron chi connectivity index (χ0n) is 19.2. The van der Waals surface area contributed by atoms with Gasteiger partial charge in [0.05, 0.1) is 33.9 Å². The summed E-state index contributed by atoms with van der Waals surface area (Å²) < 4.78 is 54.9. The Kier molecular flexibility index (Phi) is 8.56. The minimum absolute atomic E-state index is 0.00392. The van der Waals surface area contributed by atoms with Crippen LogP contribution in [0.5, 0.6) is 0 Å². The highest BCUT2D eigenvalue weighted by Crippen LogP contribution is 2.35. The molecule has 186 valence electrons. The van der Waals surface area contributed by atoms with Crippen LogP contribution in [0.25, 0.3) is 5.70 Å². The van der Waals surface area contributed by atoms with Gasteiger partial charge in [-0.1, -0.05) is 24.4 Å². The minimum Gasteiger partial charge on any atom is -0.397 e. The lowest BCUT2D eigenvalue weighted by atomic mass is 9.98. The largest absolute Gasteiger partial charge is 0.417 e. The van der Waals surface area contributed by atoms with Gasteiger partial charge in [0.1, 0.15) is 5.82 Å². The number of alkyl halides is 3. The third kappa shape index (κ3) is 6.13. The highest BCUT2D eigenvalue weighted by molar-refractivity contribution is 7.79. The molecule has 0 heterocycles. The smallest absolute Gasteiger partial charge is 0.397 e. The lowest BCUT2D eigenvalue weighted by Gasteiger charge is -2.37. The Morgan fingerprint density at radius 1 is 1.23 bits per heavy atom. The van der Waals surface area contributed by atoms with Crippen LogP contribution in [-0.4, -0.2) is 28.9 Å². The van der Waals surface area contributed by atoms with Gasteiger partial charge in [0, 0.05) is 29.6 Å². The molecule has 0 fully saturated rings. The van der Waals surface area contributed by atoms with Crippen LogP contribution in [0, 0.1) is 17.1 Å². The fraction of sp³-hybridized carbons (Fsp3) is 0.261. The van der Waals surface area contributed by atoms with Crippen LogP contribution < -0.4 is 21.9 Å². The summed E-state index contributed by atoms with van der Waals surface area (Å²) in [6.45, 7) is 3.07. The molecule has 5 N–H and O–H groups in total. The molecule has 0 bridgehead atoms. The summed E-state index contributed by atoms with van der Waals surface area (Å²) in [5.74, 6) is 3.96. The molecule has 2 aromatic rings. The number of nitriles is 1. The average Bonchev–Trinajstić information content (AvgIpc) is 2.80. The van der Waals surface area contributed by atoms with E-state index in [1.165, 1.54) is 49.2 Å². The second-order valence-corrected chi connectivity index (χ2v) is 8.32. The van der Waals surface area contributed by atoms with E-state index >= 15 is 0 Å². The van der Waals surface area contributed by atoms with Gasteiger partial charge < -0.3 is 11.2 Å². The molecular formula is C23H24F4N6OS. The first kappa shape index (κ1) is 27.7. The number of rotatable bonds is 8. The monoisotopic (exact) mass is 508 g/mol. The first-order valence-corrected chi connectivity index (χ1v) is 10.6. The SMILES string of the molecule is CN(Cc1ccc(/C(N)=C/NN)cc1F)C(C)(C)C(=O)N(C=S)c1ccc(C#N)c(C(F)(F)F)c1. The van der Waals surface area contributed by atoms with Crippen LogP contribution in [0.2, 0.25) is 0 Å². The second-order valence-electron chi connectivity index (χ2n) is 8.11. The average molecular weight is 509 g/mol. The van der Waals surface area contributed by atoms with Crippen LogP contribution in [0.1, 0.15) is 36.1 Å². The number of carbonyl (C=O) groups is 1.